The molecule has 0 amide bonds. The zero-order valence-corrected chi connectivity index (χ0v) is 10.4. The van der Waals surface area contributed by atoms with E-state index in [-0.39, 0.29) is 0 Å². The molecule has 15 heavy (non-hydrogen) atoms. The summed E-state index contributed by atoms with van der Waals surface area (Å²) >= 11 is 0. The molecule has 88 valence electrons. The van der Waals surface area contributed by atoms with Crippen molar-refractivity contribution in [3.63, 3.8) is 0 Å². The average Bonchev–Trinajstić information content (AvgIpc) is 2.24. The summed E-state index contributed by atoms with van der Waals surface area (Å²) in [6.07, 6.45) is 8.50. The molecule has 2 rings (SSSR count). The molecule has 0 radical (unpaired) electrons. The Morgan fingerprint density at radius 1 is 0.800 bits per heavy atom. The first-order valence-corrected chi connectivity index (χ1v) is 6.75. The highest BCUT2D eigenvalue weighted by atomic mass is 15.3. The Morgan fingerprint density at radius 3 is 1.67 bits per heavy atom. The lowest BCUT2D eigenvalue weighted by Gasteiger charge is -2.41. The predicted molar refractivity (Wildman–Crippen MR) is 64.9 cm³/mol. The van der Waals surface area contributed by atoms with E-state index >= 15 is 0 Å². The van der Waals surface area contributed by atoms with Crippen LogP contribution in [0.25, 0.3) is 0 Å². The molecular weight excluding hydrogens is 184 g/mol. The normalized spacial score (nSPS) is 35.6. The molecule has 2 aliphatic heterocycles. The highest BCUT2D eigenvalue weighted by molar-refractivity contribution is 4.77. The Kier molecular flexibility index (Phi) is 4.04. The van der Waals surface area contributed by atoms with Gasteiger partial charge in [-0.25, -0.2) is 0 Å². The number of likely N-dealkylation sites (tertiary alicyclic amines) is 2. The van der Waals surface area contributed by atoms with Crippen LogP contribution in [0, 0.1) is 0 Å². The third-order valence-electron chi connectivity index (χ3n) is 4.24. The molecule has 2 atom stereocenters. The number of rotatable bonds is 2. The van der Waals surface area contributed by atoms with Gasteiger partial charge in [0, 0.05) is 12.1 Å². The molecule has 2 heterocycles. The van der Waals surface area contributed by atoms with E-state index in [1.165, 1.54) is 58.3 Å². The van der Waals surface area contributed by atoms with Crippen molar-refractivity contribution in [3.05, 3.63) is 0 Å². The summed E-state index contributed by atoms with van der Waals surface area (Å²) in [6, 6.07) is 1.63. The van der Waals surface area contributed by atoms with Crippen molar-refractivity contribution in [2.75, 3.05) is 19.8 Å². The maximum atomic E-state index is 2.69. The Morgan fingerprint density at radius 2 is 1.27 bits per heavy atom. The topological polar surface area (TPSA) is 6.48 Å². The van der Waals surface area contributed by atoms with Gasteiger partial charge in [0.15, 0.2) is 0 Å². The van der Waals surface area contributed by atoms with Gasteiger partial charge in [-0.2, -0.15) is 0 Å². The molecule has 0 aromatic carbocycles. The first-order chi connectivity index (χ1) is 7.27. The van der Waals surface area contributed by atoms with E-state index in [9.17, 15) is 0 Å². The fourth-order valence-corrected chi connectivity index (χ4v) is 2.97. The first kappa shape index (κ1) is 11.4. The van der Waals surface area contributed by atoms with Crippen LogP contribution in [-0.4, -0.2) is 41.6 Å². The highest BCUT2D eigenvalue weighted by Crippen LogP contribution is 2.21. The summed E-state index contributed by atoms with van der Waals surface area (Å²) in [6.45, 7) is 8.67. The number of hydrogen-bond acceptors (Lipinski definition) is 2. The van der Waals surface area contributed by atoms with E-state index in [4.69, 9.17) is 0 Å². The van der Waals surface area contributed by atoms with Crippen molar-refractivity contribution < 1.29 is 0 Å². The summed E-state index contributed by atoms with van der Waals surface area (Å²) in [5.74, 6) is 0. The van der Waals surface area contributed by atoms with Gasteiger partial charge in [-0.1, -0.05) is 12.8 Å². The van der Waals surface area contributed by atoms with Crippen molar-refractivity contribution in [2.24, 2.45) is 0 Å². The van der Waals surface area contributed by atoms with E-state index in [2.05, 4.69) is 23.6 Å². The van der Waals surface area contributed by atoms with Crippen LogP contribution in [0.4, 0.5) is 0 Å². The van der Waals surface area contributed by atoms with E-state index in [0.717, 1.165) is 12.1 Å². The lowest BCUT2D eigenvalue weighted by atomic mass is 10.0. The zero-order chi connectivity index (χ0) is 10.7. The standard InChI is InChI=1S/C13H26N2/c1-12-7-3-5-9-14(12)11-15-10-6-4-8-13(15)2/h12-13H,3-11H2,1-2H3. The third kappa shape index (κ3) is 2.94. The van der Waals surface area contributed by atoms with E-state index < -0.39 is 0 Å². The Bertz CT molecular complexity index is 173. The molecule has 2 fully saturated rings. The summed E-state index contributed by atoms with van der Waals surface area (Å²) < 4.78 is 0. The van der Waals surface area contributed by atoms with Crippen molar-refractivity contribution in [2.45, 2.75) is 64.5 Å². The van der Waals surface area contributed by atoms with Crippen LogP contribution in [0.2, 0.25) is 0 Å². The smallest absolute Gasteiger partial charge is 0.0511 e. The molecule has 0 aromatic rings. The fraction of sp³-hybridized carbons (Fsp3) is 1.00. The maximum absolute atomic E-state index is 2.69. The van der Waals surface area contributed by atoms with Crippen LogP contribution in [0.1, 0.15) is 52.4 Å². The van der Waals surface area contributed by atoms with Gasteiger partial charge in [0.25, 0.3) is 0 Å². The average molecular weight is 210 g/mol. The lowest BCUT2D eigenvalue weighted by molar-refractivity contribution is 0.0381. The molecule has 0 N–H and O–H groups in total. The Balaban J connectivity index is 1.83. The van der Waals surface area contributed by atoms with Crippen molar-refractivity contribution >= 4 is 0 Å². The SMILES string of the molecule is CC1CCCCN1CN1CCCCC1C. The number of hydrogen-bond donors (Lipinski definition) is 0. The highest BCUT2D eigenvalue weighted by Gasteiger charge is 2.24. The zero-order valence-electron chi connectivity index (χ0n) is 10.4. The molecule has 2 nitrogen and oxygen atoms in total. The summed E-state index contributed by atoms with van der Waals surface area (Å²) in [7, 11) is 0. The van der Waals surface area contributed by atoms with Gasteiger partial charge < -0.3 is 0 Å². The first-order valence-electron chi connectivity index (χ1n) is 6.75. The van der Waals surface area contributed by atoms with Gasteiger partial charge >= 0.3 is 0 Å². The molecule has 2 saturated heterocycles. The number of piperidine rings is 2. The van der Waals surface area contributed by atoms with Gasteiger partial charge in [-0.05, 0) is 52.6 Å². The van der Waals surface area contributed by atoms with Crippen LogP contribution < -0.4 is 0 Å². The fourth-order valence-electron chi connectivity index (χ4n) is 2.97. The van der Waals surface area contributed by atoms with Gasteiger partial charge in [0.1, 0.15) is 0 Å². The second kappa shape index (κ2) is 5.31. The summed E-state index contributed by atoms with van der Waals surface area (Å²) in [4.78, 5) is 5.37. The molecule has 0 saturated carbocycles. The van der Waals surface area contributed by atoms with Gasteiger partial charge in [0.2, 0.25) is 0 Å². The van der Waals surface area contributed by atoms with Crippen LogP contribution in [0.5, 0.6) is 0 Å². The van der Waals surface area contributed by atoms with Crippen molar-refractivity contribution in [1.82, 2.24) is 9.80 Å². The Hall–Kier alpha value is -0.0800. The predicted octanol–water partition coefficient (Wildman–Crippen LogP) is 2.69. The molecule has 0 aliphatic carbocycles. The van der Waals surface area contributed by atoms with Gasteiger partial charge in [-0.15, -0.1) is 0 Å². The Labute approximate surface area is 94.6 Å². The molecule has 0 spiro atoms. The van der Waals surface area contributed by atoms with Gasteiger partial charge in [-0.3, -0.25) is 9.80 Å². The van der Waals surface area contributed by atoms with Crippen molar-refractivity contribution in [1.29, 1.82) is 0 Å². The number of nitrogens with zero attached hydrogens (tertiary/aromatic N) is 2. The third-order valence-corrected chi connectivity index (χ3v) is 4.24. The van der Waals surface area contributed by atoms with E-state index in [1.54, 1.807) is 0 Å². The van der Waals surface area contributed by atoms with Crippen molar-refractivity contribution in [3.8, 4) is 0 Å². The second-order valence-electron chi connectivity index (χ2n) is 5.46. The van der Waals surface area contributed by atoms with E-state index in [0.29, 0.717) is 0 Å². The van der Waals surface area contributed by atoms with Crippen LogP contribution in [0.15, 0.2) is 0 Å². The lowest BCUT2D eigenvalue weighted by Crippen LogP contribution is -2.49. The molecule has 0 bridgehead atoms. The molecule has 2 aliphatic rings. The molecule has 2 unspecified atom stereocenters. The minimum Gasteiger partial charge on any atom is -0.288 e. The maximum Gasteiger partial charge on any atom is 0.0511 e. The second-order valence-corrected chi connectivity index (χ2v) is 5.46. The summed E-state index contributed by atoms with van der Waals surface area (Å²) in [5, 5.41) is 0. The molecule has 2 heteroatoms. The van der Waals surface area contributed by atoms with Crippen LogP contribution in [-0.2, 0) is 0 Å². The van der Waals surface area contributed by atoms with Crippen LogP contribution in [0.3, 0.4) is 0 Å². The van der Waals surface area contributed by atoms with E-state index in [1.807, 2.05) is 0 Å². The minimum atomic E-state index is 0.813. The van der Waals surface area contributed by atoms with Crippen LogP contribution >= 0.6 is 0 Å². The molecular formula is C13H26N2. The largest absolute Gasteiger partial charge is 0.288 e. The minimum absolute atomic E-state index is 0.813. The molecule has 0 aromatic heterocycles. The summed E-state index contributed by atoms with van der Waals surface area (Å²) in [5.41, 5.74) is 0. The van der Waals surface area contributed by atoms with Gasteiger partial charge in [0.05, 0.1) is 6.67 Å². The quantitative estimate of drug-likeness (QED) is 0.691. The monoisotopic (exact) mass is 210 g/mol.